The normalized spacial score (nSPS) is 11.0. The van der Waals surface area contributed by atoms with E-state index >= 15 is 0 Å². The van der Waals surface area contributed by atoms with Gasteiger partial charge < -0.3 is 0 Å². The van der Waals surface area contributed by atoms with Gasteiger partial charge in [0.25, 0.3) is 0 Å². The third-order valence-electron chi connectivity index (χ3n) is 3.78. The summed E-state index contributed by atoms with van der Waals surface area (Å²) in [5, 5.41) is 1.15. The molecular weight excluding hydrogens is 287 g/mol. The molecule has 0 spiro atoms. The minimum atomic E-state index is 0.970. The molecule has 0 aliphatic rings. The van der Waals surface area contributed by atoms with Gasteiger partial charge in [-0.3, -0.25) is 4.57 Å². The van der Waals surface area contributed by atoms with E-state index in [1.54, 1.807) is 0 Å². The molecule has 0 radical (unpaired) electrons. The SMILES string of the molecule is Pc1ccccc1-c1nc2ccccc2n1-c1ccccc1. The van der Waals surface area contributed by atoms with Gasteiger partial charge in [0.2, 0.25) is 0 Å². The summed E-state index contributed by atoms with van der Waals surface area (Å²) in [6, 6.07) is 26.9. The Labute approximate surface area is 131 Å². The molecule has 1 aromatic heterocycles. The minimum absolute atomic E-state index is 0.970. The van der Waals surface area contributed by atoms with E-state index in [4.69, 9.17) is 4.98 Å². The Morgan fingerprint density at radius 3 is 2.23 bits per heavy atom. The number of aromatic nitrogens is 2. The average Bonchev–Trinajstić information content (AvgIpc) is 2.95. The monoisotopic (exact) mass is 302 g/mol. The predicted octanol–water partition coefficient (Wildman–Crippen LogP) is 4.19. The molecule has 0 aliphatic carbocycles. The molecule has 4 aromatic rings. The first kappa shape index (κ1) is 13.2. The molecule has 0 amide bonds. The third-order valence-corrected chi connectivity index (χ3v) is 4.28. The van der Waals surface area contributed by atoms with Crippen molar-refractivity contribution in [3.05, 3.63) is 78.9 Å². The second kappa shape index (κ2) is 5.40. The van der Waals surface area contributed by atoms with Gasteiger partial charge in [-0.15, -0.1) is 9.24 Å². The van der Waals surface area contributed by atoms with Gasteiger partial charge in [0, 0.05) is 11.3 Å². The molecule has 22 heavy (non-hydrogen) atoms. The Morgan fingerprint density at radius 2 is 1.41 bits per heavy atom. The first-order valence-corrected chi connectivity index (χ1v) is 7.80. The highest BCUT2D eigenvalue weighted by atomic mass is 31.0. The molecule has 2 nitrogen and oxygen atoms in total. The molecule has 3 heteroatoms. The van der Waals surface area contributed by atoms with Crippen LogP contribution in [0.3, 0.4) is 0 Å². The maximum absolute atomic E-state index is 4.87. The van der Waals surface area contributed by atoms with Gasteiger partial charge in [-0.25, -0.2) is 4.98 Å². The summed E-state index contributed by atoms with van der Waals surface area (Å²) in [6.07, 6.45) is 0. The molecule has 106 valence electrons. The van der Waals surface area contributed by atoms with Gasteiger partial charge in [-0.1, -0.05) is 54.6 Å². The van der Waals surface area contributed by atoms with Crippen molar-refractivity contribution in [3.63, 3.8) is 0 Å². The maximum atomic E-state index is 4.87. The zero-order valence-electron chi connectivity index (χ0n) is 12.0. The number of rotatable bonds is 2. The first-order chi connectivity index (χ1) is 10.8. The van der Waals surface area contributed by atoms with Crippen LogP contribution in [0, 0.1) is 0 Å². The number of hydrogen-bond acceptors (Lipinski definition) is 1. The standard InChI is InChI=1S/C19H15N2P/c22-18-13-7-4-10-15(18)19-20-16-11-5-6-12-17(16)21(19)14-8-2-1-3-9-14/h1-13H,22H2. The Bertz CT molecular complexity index is 942. The molecule has 0 aliphatic heterocycles. The number of hydrogen-bond donors (Lipinski definition) is 0. The minimum Gasteiger partial charge on any atom is -0.292 e. The zero-order valence-corrected chi connectivity index (χ0v) is 13.1. The lowest BCUT2D eigenvalue weighted by Gasteiger charge is -2.10. The summed E-state index contributed by atoms with van der Waals surface area (Å²) in [4.78, 5) is 4.87. The van der Waals surface area contributed by atoms with Crippen molar-refractivity contribution in [3.8, 4) is 17.1 Å². The fourth-order valence-electron chi connectivity index (χ4n) is 2.75. The Kier molecular flexibility index (Phi) is 3.25. The van der Waals surface area contributed by atoms with E-state index in [1.165, 1.54) is 0 Å². The lowest BCUT2D eigenvalue weighted by Crippen LogP contribution is -2.03. The van der Waals surface area contributed by atoms with Crippen molar-refractivity contribution in [1.82, 2.24) is 9.55 Å². The molecule has 0 N–H and O–H groups in total. The predicted molar refractivity (Wildman–Crippen MR) is 95.8 cm³/mol. The Morgan fingerprint density at radius 1 is 0.727 bits per heavy atom. The number of fused-ring (bicyclic) bond motifs is 1. The first-order valence-electron chi connectivity index (χ1n) is 7.22. The fraction of sp³-hybridized carbons (Fsp3) is 0. The highest BCUT2D eigenvalue weighted by Crippen LogP contribution is 2.28. The fourth-order valence-corrected chi connectivity index (χ4v) is 3.08. The quantitative estimate of drug-likeness (QED) is 0.508. The summed E-state index contributed by atoms with van der Waals surface area (Å²) < 4.78 is 2.22. The summed E-state index contributed by atoms with van der Waals surface area (Å²) in [6.45, 7) is 0. The van der Waals surface area contributed by atoms with Gasteiger partial charge in [0.15, 0.2) is 0 Å². The molecule has 0 saturated heterocycles. The molecule has 0 bridgehead atoms. The average molecular weight is 302 g/mol. The van der Waals surface area contributed by atoms with Gasteiger partial charge in [-0.2, -0.15) is 0 Å². The molecule has 3 aromatic carbocycles. The van der Waals surface area contributed by atoms with Gasteiger partial charge in [0.1, 0.15) is 5.82 Å². The molecule has 1 atom stereocenters. The largest absolute Gasteiger partial charge is 0.292 e. The zero-order chi connectivity index (χ0) is 14.9. The number of imidazole rings is 1. The van der Waals surface area contributed by atoms with Crippen LogP contribution in [-0.2, 0) is 0 Å². The molecule has 4 rings (SSSR count). The van der Waals surface area contributed by atoms with Crippen molar-refractivity contribution >= 4 is 25.6 Å². The second-order valence-electron chi connectivity index (χ2n) is 5.18. The van der Waals surface area contributed by atoms with Crippen molar-refractivity contribution in [2.75, 3.05) is 0 Å². The number of benzene rings is 3. The van der Waals surface area contributed by atoms with Gasteiger partial charge >= 0.3 is 0 Å². The molecule has 0 fully saturated rings. The number of para-hydroxylation sites is 3. The maximum Gasteiger partial charge on any atom is 0.146 e. The van der Waals surface area contributed by atoms with Crippen LogP contribution in [0.25, 0.3) is 28.1 Å². The smallest absolute Gasteiger partial charge is 0.146 e. The van der Waals surface area contributed by atoms with Crippen LogP contribution in [-0.4, -0.2) is 9.55 Å². The lowest BCUT2D eigenvalue weighted by atomic mass is 10.2. The van der Waals surface area contributed by atoms with E-state index in [1.807, 2.05) is 18.2 Å². The van der Waals surface area contributed by atoms with Crippen LogP contribution >= 0.6 is 9.24 Å². The topological polar surface area (TPSA) is 17.8 Å². The highest BCUT2D eigenvalue weighted by Gasteiger charge is 2.14. The Hall–Kier alpha value is -2.44. The van der Waals surface area contributed by atoms with Crippen molar-refractivity contribution in [2.45, 2.75) is 0 Å². The van der Waals surface area contributed by atoms with Crippen LogP contribution in [0.15, 0.2) is 78.9 Å². The van der Waals surface area contributed by atoms with Crippen LogP contribution in [0.2, 0.25) is 0 Å². The van der Waals surface area contributed by atoms with Crippen LogP contribution in [0.4, 0.5) is 0 Å². The van der Waals surface area contributed by atoms with E-state index in [-0.39, 0.29) is 0 Å². The van der Waals surface area contributed by atoms with Crippen molar-refractivity contribution in [1.29, 1.82) is 0 Å². The van der Waals surface area contributed by atoms with E-state index in [2.05, 4.69) is 74.5 Å². The van der Waals surface area contributed by atoms with E-state index in [9.17, 15) is 0 Å². The molecule has 0 saturated carbocycles. The van der Waals surface area contributed by atoms with Gasteiger partial charge in [0.05, 0.1) is 11.0 Å². The highest BCUT2D eigenvalue weighted by molar-refractivity contribution is 7.27. The van der Waals surface area contributed by atoms with Crippen LogP contribution in [0.5, 0.6) is 0 Å². The molecular formula is C19H15N2P. The van der Waals surface area contributed by atoms with Crippen molar-refractivity contribution < 1.29 is 0 Å². The molecule has 1 heterocycles. The van der Waals surface area contributed by atoms with E-state index in [0.717, 1.165) is 33.4 Å². The number of nitrogens with zero attached hydrogens (tertiary/aromatic N) is 2. The lowest BCUT2D eigenvalue weighted by molar-refractivity contribution is 1.10. The van der Waals surface area contributed by atoms with Crippen molar-refractivity contribution in [2.24, 2.45) is 0 Å². The van der Waals surface area contributed by atoms with Gasteiger partial charge in [-0.05, 0) is 29.6 Å². The van der Waals surface area contributed by atoms with E-state index < -0.39 is 0 Å². The van der Waals surface area contributed by atoms with E-state index in [0.29, 0.717) is 0 Å². The summed E-state index contributed by atoms with van der Waals surface area (Å²) >= 11 is 0. The van der Waals surface area contributed by atoms with Crippen LogP contribution in [0.1, 0.15) is 0 Å². The summed E-state index contributed by atoms with van der Waals surface area (Å²) in [5.74, 6) is 0.970. The molecule has 1 unspecified atom stereocenters. The Balaban J connectivity index is 2.09. The summed E-state index contributed by atoms with van der Waals surface area (Å²) in [7, 11) is 2.80. The summed E-state index contributed by atoms with van der Waals surface area (Å²) in [5.41, 5.74) is 4.39. The second-order valence-corrected chi connectivity index (χ2v) is 5.80. The van der Waals surface area contributed by atoms with Crippen LogP contribution < -0.4 is 5.30 Å². The third kappa shape index (κ3) is 2.13.